The third kappa shape index (κ3) is 3.65. The molecule has 0 aliphatic carbocycles. The molecular weight excluding hydrogens is 300 g/mol. The van der Waals surface area contributed by atoms with Crippen LogP contribution in [0.4, 0.5) is 0 Å². The number of amidine groups is 1. The Hall–Kier alpha value is -2.34. The maximum Gasteiger partial charge on any atom is 0.284 e. The van der Waals surface area contributed by atoms with E-state index < -0.39 is 10.0 Å². The third-order valence-electron chi connectivity index (χ3n) is 3.00. The largest absolute Gasteiger partial charge is 0.493 e. The van der Waals surface area contributed by atoms with E-state index in [2.05, 4.69) is 4.40 Å². The summed E-state index contributed by atoms with van der Waals surface area (Å²) in [6.45, 7) is 4.18. The Kier molecular flexibility index (Phi) is 4.82. The van der Waals surface area contributed by atoms with E-state index in [1.165, 1.54) is 12.1 Å². The minimum absolute atomic E-state index is 0.0929. The fraction of sp³-hybridized carbons (Fsp3) is 0.188. The predicted octanol–water partition coefficient (Wildman–Crippen LogP) is 2.49. The van der Waals surface area contributed by atoms with E-state index in [1.54, 1.807) is 36.4 Å². The van der Waals surface area contributed by atoms with Gasteiger partial charge in [-0.15, -0.1) is 4.40 Å². The molecule has 116 valence electrons. The van der Waals surface area contributed by atoms with Crippen molar-refractivity contribution in [3.8, 4) is 5.75 Å². The van der Waals surface area contributed by atoms with Gasteiger partial charge in [0, 0.05) is 0 Å². The van der Waals surface area contributed by atoms with Crippen molar-refractivity contribution in [2.75, 3.05) is 6.61 Å². The van der Waals surface area contributed by atoms with E-state index in [9.17, 15) is 8.42 Å². The van der Waals surface area contributed by atoms with E-state index in [4.69, 9.17) is 10.5 Å². The molecule has 0 aliphatic heterocycles. The molecule has 0 amide bonds. The molecule has 0 fully saturated rings. The van der Waals surface area contributed by atoms with Crippen LogP contribution >= 0.6 is 0 Å². The molecule has 2 rings (SSSR count). The average Bonchev–Trinajstić information content (AvgIpc) is 2.48. The molecule has 0 aliphatic rings. The molecule has 2 aromatic rings. The Morgan fingerprint density at radius 3 is 2.41 bits per heavy atom. The minimum atomic E-state index is -3.85. The van der Waals surface area contributed by atoms with Crippen molar-refractivity contribution in [1.82, 2.24) is 0 Å². The van der Waals surface area contributed by atoms with E-state index >= 15 is 0 Å². The fourth-order valence-electron chi connectivity index (χ4n) is 1.90. The van der Waals surface area contributed by atoms with Crippen LogP contribution in [0, 0.1) is 6.92 Å². The summed E-state index contributed by atoms with van der Waals surface area (Å²) in [5, 5.41) is 0. The van der Waals surface area contributed by atoms with Crippen molar-refractivity contribution >= 4 is 15.9 Å². The SMILES string of the molecule is CCOc1ccccc1C(N)=NS(=O)(=O)c1ccc(C)cc1. The summed E-state index contributed by atoms with van der Waals surface area (Å²) in [6.07, 6.45) is 0. The number of ether oxygens (including phenoxy) is 1. The van der Waals surface area contributed by atoms with Gasteiger partial charge in [0.05, 0.1) is 17.1 Å². The number of benzene rings is 2. The lowest BCUT2D eigenvalue weighted by Crippen LogP contribution is -2.17. The first kappa shape index (κ1) is 16.0. The van der Waals surface area contributed by atoms with Gasteiger partial charge in [-0.1, -0.05) is 29.8 Å². The molecule has 0 atom stereocenters. The number of hydrogen-bond donors (Lipinski definition) is 1. The molecule has 0 saturated heterocycles. The summed E-state index contributed by atoms with van der Waals surface area (Å²) < 4.78 is 33.7. The highest BCUT2D eigenvalue weighted by Gasteiger charge is 2.15. The van der Waals surface area contributed by atoms with Gasteiger partial charge in [0.2, 0.25) is 0 Å². The molecule has 0 saturated carbocycles. The second kappa shape index (κ2) is 6.62. The van der Waals surface area contributed by atoms with E-state index in [0.717, 1.165) is 5.56 Å². The Morgan fingerprint density at radius 1 is 1.14 bits per heavy atom. The predicted molar refractivity (Wildman–Crippen MR) is 86.7 cm³/mol. The van der Waals surface area contributed by atoms with Gasteiger partial charge in [0.25, 0.3) is 10.0 Å². The molecule has 0 spiro atoms. The van der Waals surface area contributed by atoms with Crippen LogP contribution in [0.25, 0.3) is 0 Å². The number of sulfonamides is 1. The molecule has 0 bridgehead atoms. The molecule has 5 nitrogen and oxygen atoms in total. The second-order valence-corrected chi connectivity index (χ2v) is 6.30. The first-order chi connectivity index (χ1) is 10.4. The van der Waals surface area contributed by atoms with Crippen molar-refractivity contribution in [2.45, 2.75) is 18.7 Å². The van der Waals surface area contributed by atoms with Gasteiger partial charge in [-0.2, -0.15) is 8.42 Å². The first-order valence-corrected chi connectivity index (χ1v) is 8.27. The lowest BCUT2D eigenvalue weighted by molar-refractivity contribution is 0.339. The molecule has 0 unspecified atom stereocenters. The van der Waals surface area contributed by atoms with E-state index in [1.807, 2.05) is 13.8 Å². The van der Waals surface area contributed by atoms with Gasteiger partial charge in [-0.25, -0.2) is 0 Å². The lowest BCUT2D eigenvalue weighted by atomic mass is 10.2. The molecule has 0 radical (unpaired) electrons. The van der Waals surface area contributed by atoms with Crippen LogP contribution < -0.4 is 10.5 Å². The summed E-state index contributed by atoms with van der Waals surface area (Å²) in [4.78, 5) is 0.106. The smallest absolute Gasteiger partial charge is 0.284 e. The third-order valence-corrected chi connectivity index (χ3v) is 4.31. The summed E-state index contributed by atoms with van der Waals surface area (Å²) in [6, 6.07) is 13.4. The van der Waals surface area contributed by atoms with Crippen molar-refractivity contribution in [3.05, 3.63) is 59.7 Å². The Bertz CT molecular complexity index is 781. The quantitative estimate of drug-likeness (QED) is 0.678. The van der Waals surface area contributed by atoms with Crippen LogP contribution in [0.2, 0.25) is 0 Å². The van der Waals surface area contributed by atoms with Crippen molar-refractivity contribution in [2.24, 2.45) is 10.1 Å². The maximum absolute atomic E-state index is 12.3. The molecular formula is C16H18N2O3S. The van der Waals surface area contributed by atoms with Gasteiger partial charge < -0.3 is 10.5 Å². The summed E-state index contributed by atoms with van der Waals surface area (Å²) in [5.41, 5.74) is 7.30. The maximum atomic E-state index is 12.3. The average molecular weight is 318 g/mol. The van der Waals surface area contributed by atoms with Crippen molar-refractivity contribution < 1.29 is 13.2 Å². The molecule has 2 aromatic carbocycles. The summed E-state index contributed by atoms with van der Waals surface area (Å²) >= 11 is 0. The number of para-hydroxylation sites is 1. The lowest BCUT2D eigenvalue weighted by Gasteiger charge is -2.09. The zero-order valence-corrected chi connectivity index (χ0v) is 13.3. The molecule has 22 heavy (non-hydrogen) atoms. The highest BCUT2D eigenvalue weighted by molar-refractivity contribution is 7.90. The zero-order chi connectivity index (χ0) is 16.2. The topological polar surface area (TPSA) is 81.8 Å². The Labute approximate surface area is 130 Å². The van der Waals surface area contributed by atoms with Crippen LogP contribution in [0.3, 0.4) is 0 Å². The first-order valence-electron chi connectivity index (χ1n) is 6.83. The highest BCUT2D eigenvalue weighted by Crippen LogP contribution is 2.19. The van der Waals surface area contributed by atoms with Gasteiger partial charge in [-0.05, 0) is 38.1 Å². The number of nitrogens with two attached hydrogens (primary N) is 1. The molecule has 0 heterocycles. The standard InChI is InChI=1S/C16H18N2O3S/c1-3-21-15-7-5-4-6-14(15)16(17)18-22(19,20)13-10-8-12(2)9-11-13/h4-11H,3H2,1-2H3,(H2,17,18). The second-order valence-electron chi connectivity index (χ2n) is 4.69. The summed E-state index contributed by atoms with van der Waals surface area (Å²) in [7, 11) is -3.85. The van der Waals surface area contributed by atoms with Gasteiger partial charge in [0.15, 0.2) is 0 Å². The number of rotatable bonds is 5. The zero-order valence-electron chi connectivity index (χ0n) is 12.5. The van der Waals surface area contributed by atoms with Gasteiger partial charge in [-0.3, -0.25) is 0 Å². The van der Waals surface area contributed by atoms with E-state index in [-0.39, 0.29) is 10.7 Å². The Balaban J connectivity index is 2.41. The van der Waals surface area contributed by atoms with Crippen molar-refractivity contribution in [3.63, 3.8) is 0 Å². The van der Waals surface area contributed by atoms with Crippen LogP contribution in [-0.4, -0.2) is 20.9 Å². The van der Waals surface area contributed by atoms with Crippen LogP contribution in [0.5, 0.6) is 5.75 Å². The van der Waals surface area contributed by atoms with Crippen LogP contribution in [0.15, 0.2) is 57.8 Å². The summed E-state index contributed by atoms with van der Waals surface area (Å²) in [5.74, 6) is 0.412. The number of aryl methyl sites for hydroxylation is 1. The van der Waals surface area contributed by atoms with Gasteiger partial charge in [0.1, 0.15) is 11.6 Å². The van der Waals surface area contributed by atoms with Crippen LogP contribution in [0.1, 0.15) is 18.1 Å². The normalized spacial score (nSPS) is 12.2. The van der Waals surface area contributed by atoms with Crippen LogP contribution in [-0.2, 0) is 10.0 Å². The fourth-order valence-corrected chi connectivity index (χ4v) is 2.84. The molecule has 0 aromatic heterocycles. The van der Waals surface area contributed by atoms with E-state index in [0.29, 0.717) is 17.9 Å². The monoisotopic (exact) mass is 318 g/mol. The van der Waals surface area contributed by atoms with Crippen molar-refractivity contribution in [1.29, 1.82) is 0 Å². The number of nitrogens with zero attached hydrogens (tertiary/aromatic N) is 1. The minimum Gasteiger partial charge on any atom is -0.493 e. The van der Waals surface area contributed by atoms with Gasteiger partial charge >= 0.3 is 0 Å². The highest BCUT2D eigenvalue weighted by atomic mass is 32.2. The number of hydrogen-bond acceptors (Lipinski definition) is 3. The molecule has 2 N–H and O–H groups in total. The Morgan fingerprint density at radius 2 is 1.77 bits per heavy atom. The molecule has 6 heteroatoms.